The number of rotatable bonds is 9. The second-order valence-corrected chi connectivity index (χ2v) is 4.77. The Bertz CT molecular complexity index is 649. The highest BCUT2D eigenvalue weighted by Crippen LogP contribution is 2.31. The van der Waals surface area contributed by atoms with Crippen LogP contribution >= 0.6 is 0 Å². The van der Waals surface area contributed by atoms with E-state index in [-0.39, 0.29) is 17.1 Å². The average molecular weight is 375 g/mol. The zero-order valence-corrected chi connectivity index (χ0v) is 15.4. The molecule has 0 aromatic heterocycles. The number of anilines is 3. The third-order valence-corrected chi connectivity index (χ3v) is 3.26. The summed E-state index contributed by atoms with van der Waals surface area (Å²) in [7, 11) is 3.83. The third kappa shape index (κ3) is 4.88. The molecule has 9 heteroatoms. The molecule has 144 valence electrons. The van der Waals surface area contributed by atoms with Crippen molar-refractivity contribution in [2.75, 3.05) is 36.5 Å². The number of benzene rings is 1. The lowest BCUT2D eigenvalue weighted by molar-refractivity contribution is -0.120. The Labute approximate surface area is 157 Å². The highest BCUT2D eigenvalue weighted by Gasteiger charge is 2.22. The van der Waals surface area contributed by atoms with Crippen LogP contribution in [0.1, 0.15) is 0 Å². The molecular formula is C18H21N3O6. The van der Waals surface area contributed by atoms with E-state index in [0.29, 0.717) is 0 Å². The van der Waals surface area contributed by atoms with E-state index < -0.39 is 17.7 Å². The van der Waals surface area contributed by atoms with Crippen molar-refractivity contribution in [3.05, 3.63) is 56.2 Å². The van der Waals surface area contributed by atoms with Crippen LogP contribution in [0.25, 0.3) is 0 Å². The van der Waals surface area contributed by atoms with E-state index in [1.54, 1.807) is 0 Å². The van der Waals surface area contributed by atoms with Gasteiger partial charge in [-0.25, -0.2) is 0 Å². The van der Waals surface area contributed by atoms with E-state index in [2.05, 4.69) is 19.7 Å². The Hall–Kier alpha value is -3.27. The molecule has 1 aromatic carbocycles. The summed E-state index contributed by atoms with van der Waals surface area (Å²) in [4.78, 5) is 51.4. The number of carbonyl (C=O) groups excluding carboxylic acids is 3. The molecule has 0 N–H and O–H groups in total. The van der Waals surface area contributed by atoms with Gasteiger partial charge in [0.2, 0.25) is 0 Å². The maximum absolute atomic E-state index is 12.1. The number of nitrogens with zero attached hydrogens (tertiary/aromatic N) is 3. The normalized spacial score (nSPS) is 9.89. The Balaban J connectivity index is 3.68. The summed E-state index contributed by atoms with van der Waals surface area (Å²) >= 11 is 0. The van der Waals surface area contributed by atoms with Crippen LogP contribution in [0.3, 0.4) is 0 Å². The minimum absolute atomic E-state index is 0.188. The average Bonchev–Trinajstić information content (AvgIpc) is 2.68. The number of hydrogen-bond acceptors (Lipinski definition) is 6. The minimum atomic E-state index is -0.571. The quantitative estimate of drug-likeness (QED) is 0.484. The molecule has 0 heterocycles. The second-order valence-electron chi connectivity index (χ2n) is 4.77. The van der Waals surface area contributed by atoms with Crippen molar-refractivity contribution in [2.45, 2.75) is 0 Å². The lowest BCUT2D eigenvalue weighted by Crippen LogP contribution is -2.32. The molecule has 0 aliphatic rings. The fourth-order valence-corrected chi connectivity index (χ4v) is 2.15. The van der Waals surface area contributed by atoms with E-state index in [1.807, 2.05) is 0 Å². The number of amides is 3. The first-order valence-electron chi connectivity index (χ1n) is 7.55. The molecule has 0 spiro atoms. The largest absolute Gasteiger partial charge is 0.274 e. The van der Waals surface area contributed by atoms with Crippen molar-refractivity contribution < 1.29 is 28.9 Å². The third-order valence-electron chi connectivity index (χ3n) is 3.26. The Morgan fingerprint density at radius 1 is 0.667 bits per heavy atom. The van der Waals surface area contributed by atoms with Gasteiger partial charge in [-0.05, 0) is 36.4 Å². The van der Waals surface area contributed by atoms with Gasteiger partial charge in [-0.15, -0.1) is 0 Å². The van der Waals surface area contributed by atoms with Crippen LogP contribution in [-0.4, -0.2) is 39.1 Å². The van der Waals surface area contributed by atoms with Crippen molar-refractivity contribution in [1.82, 2.24) is 0 Å². The second kappa shape index (κ2) is 10.0. The topological polar surface area (TPSA) is 88.6 Å². The Kier molecular flexibility index (Phi) is 8.08. The Morgan fingerprint density at radius 2 is 0.889 bits per heavy atom. The van der Waals surface area contributed by atoms with Crippen molar-refractivity contribution >= 4 is 34.8 Å². The number of hydrogen-bond donors (Lipinski definition) is 0. The molecular weight excluding hydrogens is 354 g/mol. The van der Waals surface area contributed by atoms with Gasteiger partial charge in [0.05, 0.1) is 38.4 Å². The molecule has 9 nitrogen and oxygen atoms in total. The van der Waals surface area contributed by atoms with Gasteiger partial charge in [0, 0.05) is 0 Å². The first-order valence-corrected chi connectivity index (χ1v) is 7.55. The van der Waals surface area contributed by atoms with E-state index in [1.165, 1.54) is 39.5 Å². The van der Waals surface area contributed by atoms with E-state index in [4.69, 9.17) is 14.5 Å². The number of hydroxylamine groups is 3. The zero-order chi connectivity index (χ0) is 20.6. The maximum atomic E-state index is 12.1. The summed E-state index contributed by atoms with van der Waals surface area (Å²) in [5, 5.41) is 2.75. The molecule has 0 bridgehead atoms. The van der Waals surface area contributed by atoms with Gasteiger partial charge in [-0.3, -0.25) is 28.9 Å². The summed E-state index contributed by atoms with van der Waals surface area (Å²) in [5.74, 6) is -1.71. The van der Waals surface area contributed by atoms with Crippen LogP contribution in [0, 0.1) is 0 Å². The van der Waals surface area contributed by atoms with Gasteiger partial charge < -0.3 is 0 Å². The van der Waals surface area contributed by atoms with E-state index >= 15 is 0 Å². The summed E-state index contributed by atoms with van der Waals surface area (Å²) in [5.41, 5.74) is 0.563. The van der Waals surface area contributed by atoms with Crippen LogP contribution in [0.5, 0.6) is 0 Å². The SMILES string of the molecule is C=CC(=O)N(OC)c1cc(N(OC)C(=O)C=C)cc(N(OC)C(=O)C=C)c1. The predicted octanol–water partition coefficient (Wildman–Crippen LogP) is 1.93. The first kappa shape index (κ1) is 21.8. The van der Waals surface area contributed by atoms with Gasteiger partial charge in [-0.2, -0.15) is 15.2 Å². The molecule has 0 aliphatic heterocycles. The zero-order valence-electron chi connectivity index (χ0n) is 15.4. The summed E-state index contributed by atoms with van der Waals surface area (Å²) in [6.45, 7) is 10.2. The molecule has 1 aromatic rings. The summed E-state index contributed by atoms with van der Waals surface area (Å²) in [6, 6.07) is 4.31. The van der Waals surface area contributed by atoms with E-state index in [0.717, 1.165) is 33.4 Å². The fraction of sp³-hybridized carbons (Fsp3) is 0.167. The van der Waals surface area contributed by atoms with Crippen LogP contribution in [0.4, 0.5) is 17.1 Å². The molecule has 0 saturated carbocycles. The van der Waals surface area contributed by atoms with Crippen LogP contribution in [-0.2, 0) is 28.9 Å². The van der Waals surface area contributed by atoms with Crippen molar-refractivity contribution in [3.63, 3.8) is 0 Å². The Morgan fingerprint density at radius 3 is 1.04 bits per heavy atom. The van der Waals surface area contributed by atoms with Crippen molar-refractivity contribution in [3.8, 4) is 0 Å². The molecule has 1 rings (SSSR count). The highest BCUT2D eigenvalue weighted by atomic mass is 16.7. The monoisotopic (exact) mass is 375 g/mol. The molecule has 0 unspecified atom stereocenters. The lowest BCUT2D eigenvalue weighted by Gasteiger charge is -2.26. The van der Waals surface area contributed by atoms with Gasteiger partial charge in [0.1, 0.15) is 0 Å². The fourth-order valence-electron chi connectivity index (χ4n) is 2.15. The maximum Gasteiger partial charge on any atom is 0.274 e. The molecule has 0 fully saturated rings. The summed E-state index contributed by atoms with van der Waals surface area (Å²) < 4.78 is 0. The van der Waals surface area contributed by atoms with Crippen LogP contribution in [0.2, 0.25) is 0 Å². The first-order chi connectivity index (χ1) is 12.9. The molecule has 3 amide bonds. The van der Waals surface area contributed by atoms with Gasteiger partial charge in [0.25, 0.3) is 17.7 Å². The molecule has 0 radical (unpaired) electrons. The molecule has 0 aliphatic carbocycles. The van der Waals surface area contributed by atoms with E-state index in [9.17, 15) is 14.4 Å². The van der Waals surface area contributed by atoms with Crippen LogP contribution in [0.15, 0.2) is 56.2 Å². The van der Waals surface area contributed by atoms with Gasteiger partial charge in [-0.1, -0.05) is 19.7 Å². The minimum Gasteiger partial charge on any atom is -0.269 e. The van der Waals surface area contributed by atoms with Crippen molar-refractivity contribution in [1.29, 1.82) is 0 Å². The smallest absolute Gasteiger partial charge is 0.269 e. The molecule has 0 saturated heterocycles. The highest BCUT2D eigenvalue weighted by molar-refractivity contribution is 6.04. The van der Waals surface area contributed by atoms with Gasteiger partial charge >= 0.3 is 0 Å². The lowest BCUT2D eigenvalue weighted by atomic mass is 10.2. The van der Waals surface area contributed by atoms with Crippen molar-refractivity contribution in [2.24, 2.45) is 0 Å². The standard InChI is InChI=1S/C18H21N3O6/c1-7-16(22)19(25-4)13-10-14(20(26-5)17(23)8-2)12-15(11-13)21(27-6)18(24)9-3/h7-12H,1-3H2,4-6H3. The molecule has 27 heavy (non-hydrogen) atoms. The predicted molar refractivity (Wildman–Crippen MR) is 101 cm³/mol. The number of carbonyl (C=O) groups is 3. The summed E-state index contributed by atoms with van der Waals surface area (Å²) in [6.07, 6.45) is 3.13. The van der Waals surface area contributed by atoms with Gasteiger partial charge in [0.15, 0.2) is 0 Å². The van der Waals surface area contributed by atoms with Crippen LogP contribution < -0.4 is 15.2 Å². The molecule has 0 atom stereocenters.